The standard InChI is InChI=1S/C66H93N17O17S/c1-9-52(87)76-47(28-40-30-71-43-19-14-13-18-42(40)43)63(98)81(6)37(4)57(92)77-46(29-55(90)91)60(95)79-56(36(2)3)65(100)83(8)50(34-84)61(96)73-32-53(88)74-44(20-15-25-70-66(68)69)62(97)82(7)49(27-38-16-11-10-12-17-38)64(99)80(5)33-54(89)75-45(26-39-21-23-41(85)24-22-39)59(94)78-48(35-101)58(93)72-31-51(67)86/h10-14,16-19,21-24,30,36-37,44-50,56,71,84-85,101H,9,15,20,25-29,31-35H2,1-8H3,(H2,67,86)(H,72,93)(H,73,96)(H,74,88)(H,75,89)(H,76,87)(H,77,92)(H,78,94)(H,79,95)(H,90,91)(H4,68,69,70)/t37-,44-,45-,46-,47+,48-,49-,50-,56-/m0/s1. The number of H-pyrrole nitrogens is 1. The second-order valence-electron chi connectivity index (χ2n) is 24.3. The zero-order valence-electron chi connectivity index (χ0n) is 57.5. The molecule has 0 fully saturated rings. The van der Waals surface area contributed by atoms with Crippen molar-refractivity contribution in [1.82, 2.24) is 67.1 Å². The molecule has 550 valence electrons. The summed E-state index contributed by atoms with van der Waals surface area (Å²) < 4.78 is 0. The number of hydrogen-bond donors (Lipinski definition) is 16. The predicted molar refractivity (Wildman–Crippen MR) is 372 cm³/mol. The molecule has 9 atom stereocenters. The zero-order valence-corrected chi connectivity index (χ0v) is 58.4. The highest BCUT2D eigenvalue weighted by Crippen LogP contribution is 2.21. The van der Waals surface area contributed by atoms with Gasteiger partial charge in [0.1, 0.15) is 60.1 Å². The van der Waals surface area contributed by atoms with Crippen LogP contribution < -0.4 is 59.7 Å². The van der Waals surface area contributed by atoms with Crippen LogP contribution in [0.4, 0.5) is 0 Å². The number of carbonyl (C=O) groups is 14. The molecule has 0 unspecified atom stereocenters. The first-order valence-corrected chi connectivity index (χ1v) is 32.9. The molecule has 0 saturated carbocycles. The van der Waals surface area contributed by atoms with E-state index in [2.05, 4.69) is 65.1 Å². The molecule has 0 saturated heterocycles. The first kappa shape index (κ1) is 82.6. The Labute approximate surface area is 588 Å². The van der Waals surface area contributed by atoms with Crippen LogP contribution in [0.5, 0.6) is 5.75 Å². The number of phenols is 1. The van der Waals surface area contributed by atoms with Gasteiger partial charge in [-0.3, -0.25) is 72.1 Å². The number of aromatic amines is 1. The quantitative estimate of drug-likeness (QED) is 0.00873. The summed E-state index contributed by atoms with van der Waals surface area (Å²) in [6, 6.07) is 8.26. The van der Waals surface area contributed by atoms with Crippen LogP contribution in [0.25, 0.3) is 10.9 Å². The van der Waals surface area contributed by atoms with Crippen molar-refractivity contribution in [3.63, 3.8) is 0 Å². The Hall–Kier alpha value is -10.8. The van der Waals surface area contributed by atoms with Gasteiger partial charge >= 0.3 is 5.97 Å². The van der Waals surface area contributed by atoms with Gasteiger partial charge in [-0.1, -0.05) is 81.4 Å². The predicted octanol–water partition coefficient (Wildman–Crippen LogP) is -4.00. The van der Waals surface area contributed by atoms with E-state index in [0.717, 1.165) is 37.6 Å². The Morgan fingerprint density at radius 3 is 1.75 bits per heavy atom. The normalized spacial score (nSPS) is 13.7. The number of aromatic hydroxyl groups is 1. The van der Waals surface area contributed by atoms with Gasteiger partial charge in [-0.2, -0.15) is 12.6 Å². The van der Waals surface area contributed by atoms with Crippen LogP contribution in [0, 0.1) is 5.92 Å². The van der Waals surface area contributed by atoms with Crippen LogP contribution in [0.15, 0.2) is 90.1 Å². The number of para-hydroxylation sites is 1. The number of carboxylic acids is 1. The monoisotopic (exact) mass is 1430 g/mol. The van der Waals surface area contributed by atoms with E-state index in [9.17, 15) is 82.4 Å². The van der Waals surface area contributed by atoms with Gasteiger partial charge in [0.05, 0.1) is 32.7 Å². The summed E-state index contributed by atoms with van der Waals surface area (Å²) in [7, 11) is 4.96. The van der Waals surface area contributed by atoms with Gasteiger partial charge in [0.25, 0.3) is 0 Å². The molecule has 3 aromatic carbocycles. The zero-order chi connectivity index (χ0) is 75.4. The summed E-state index contributed by atoms with van der Waals surface area (Å²) in [5.41, 5.74) is 18.8. The number of primary amides is 1. The molecule has 1 aromatic heterocycles. The van der Waals surface area contributed by atoms with E-state index in [1.165, 1.54) is 66.2 Å². The highest BCUT2D eigenvalue weighted by atomic mass is 32.1. The number of hydrogen-bond acceptors (Lipinski definition) is 18. The molecule has 0 aliphatic rings. The third-order valence-corrected chi connectivity index (χ3v) is 16.7. The Bertz CT molecular complexity index is 3610. The lowest BCUT2D eigenvalue weighted by molar-refractivity contribution is -0.147. The van der Waals surface area contributed by atoms with Crippen molar-refractivity contribution in [3.05, 3.63) is 102 Å². The van der Waals surface area contributed by atoms with E-state index in [1.54, 1.807) is 49.5 Å². The molecular weight excluding hydrogens is 1330 g/mol. The highest BCUT2D eigenvalue weighted by Gasteiger charge is 2.39. The van der Waals surface area contributed by atoms with E-state index >= 15 is 0 Å². The minimum Gasteiger partial charge on any atom is -0.508 e. The van der Waals surface area contributed by atoms with Crippen molar-refractivity contribution in [1.29, 1.82) is 0 Å². The summed E-state index contributed by atoms with van der Waals surface area (Å²) in [6.07, 6.45) is 0.365. The number of aliphatic imine (C=N–C) groups is 1. The molecule has 35 heteroatoms. The molecule has 0 aliphatic carbocycles. The molecular formula is C66H93N17O17S. The Morgan fingerprint density at radius 1 is 0.574 bits per heavy atom. The maximum absolute atomic E-state index is 14.7. The number of fused-ring (bicyclic) bond motifs is 1. The fourth-order valence-electron chi connectivity index (χ4n) is 10.4. The summed E-state index contributed by atoms with van der Waals surface area (Å²) in [5, 5.41) is 50.8. The van der Waals surface area contributed by atoms with Crippen LogP contribution in [-0.4, -0.2) is 250 Å². The smallest absolute Gasteiger partial charge is 0.305 e. The van der Waals surface area contributed by atoms with E-state index in [4.69, 9.17) is 17.2 Å². The van der Waals surface area contributed by atoms with Gasteiger partial charge in [0.2, 0.25) is 76.8 Å². The Morgan fingerprint density at radius 2 is 1.15 bits per heavy atom. The largest absolute Gasteiger partial charge is 0.508 e. The van der Waals surface area contributed by atoms with Crippen LogP contribution in [-0.2, 0) is 86.4 Å². The summed E-state index contributed by atoms with van der Waals surface area (Å²) in [5.74, 6) is -14.3. The van der Waals surface area contributed by atoms with Crippen molar-refractivity contribution in [2.75, 3.05) is 66.7 Å². The van der Waals surface area contributed by atoms with Crippen molar-refractivity contribution in [2.24, 2.45) is 28.1 Å². The van der Waals surface area contributed by atoms with E-state index in [-0.39, 0.29) is 62.5 Å². The third kappa shape index (κ3) is 25.8. The summed E-state index contributed by atoms with van der Waals surface area (Å²) >= 11 is 4.14. The number of carbonyl (C=O) groups excluding carboxylic acids is 13. The number of likely N-dealkylation sites (N-methyl/N-ethyl adjacent to an activating group) is 4. The molecule has 0 aliphatic heterocycles. The third-order valence-electron chi connectivity index (χ3n) is 16.3. The molecule has 4 rings (SSSR count). The minimum atomic E-state index is -1.84. The van der Waals surface area contributed by atoms with Gasteiger partial charge in [-0.05, 0) is 60.6 Å². The maximum Gasteiger partial charge on any atom is 0.305 e. The minimum absolute atomic E-state index is 0.0298. The van der Waals surface area contributed by atoms with Crippen molar-refractivity contribution >= 4 is 112 Å². The molecule has 13 amide bonds. The van der Waals surface area contributed by atoms with Crippen LogP contribution in [0.2, 0.25) is 0 Å². The summed E-state index contributed by atoms with van der Waals surface area (Å²) in [4.78, 5) is 201. The number of benzene rings is 3. The maximum atomic E-state index is 14.7. The van der Waals surface area contributed by atoms with Crippen molar-refractivity contribution in [2.45, 2.75) is 127 Å². The van der Waals surface area contributed by atoms with Crippen LogP contribution in [0.3, 0.4) is 0 Å². The SMILES string of the molecule is CCC(=O)N[C@H](Cc1c[nH]c2ccccc12)C(=O)N(C)[C@@H](C)C(=O)N[C@@H](CC(=O)O)C(=O)N[C@H](C(=O)N(C)[C@@H](CO)C(=O)NCC(=O)N[C@@H](CCCN=C(N)N)C(=O)N(C)[C@@H](Cc1ccccc1)C(=O)N(C)CC(=O)N[C@@H](Cc1ccc(O)cc1)C(=O)N[C@@H](CS)C(=O)NCC(N)=O)C(C)C. The number of rotatable bonds is 40. The van der Waals surface area contributed by atoms with Crippen LogP contribution >= 0.6 is 12.6 Å². The number of aromatic nitrogens is 1. The average Bonchev–Trinajstić information content (AvgIpc) is 1.79. The van der Waals surface area contributed by atoms with Crippen LogP contribution in [0.1, 0.15) is 70.1 Å². The number of guanidine groups is 1. The number of aliphatic hydroxyl groups excluding tert-OH is 1. The lowest BCUT2D eigenvalue weighted by Gasteiger charge is -2.33. The number of nitrogens with one attached hydrogen (secondary N) is 9. The molecule has 18 N–H and O–H groups in total. The van der Waals surface area contributed by atoms with Gasteiger partial charge in [-0.25, -0.2) is 0 Å². The number of nitrogens with two attached hydrogens (primary N) is 3. The molecule has 1 heterocycles. The molecule has 34 nitrogen and oxygen atoms in total. The fourth-order valence-corrected chi connectivity index (χ4v) is 10.6. The lowest BCUT2D eigenvalue weighted by atomic mass is 10.0. The van der Waals surface area contributed by atoms with Gasteiger partial charge in [0, 0.05) is 83.3 Å². The number of aliphatic hydroxyl groups is 1. The fraction of sp³-hybridized carbons (Fsp3) is 0.470. The Kier molecular flexibility index (Phi) is 32.9. The molecule has 101 heavy (non-hydrogen) atoms. The van der Waals surface area contributed by atoms with E-state index in [0.29, 0.717) is 16.7 Å². The molecule has 0 radical (unpaired) electrons. The summed E-state index contributed by atoms with van der Waals surface area (Å²) in [6.45, 7) is 2.74. The second kappa shape index (κ2) is 40.3. The number of phenolic OH excluding ortho intramolecular Hbond substituents is 1. The molecule has 4 aromatic rings. The van der Waals surface area contributed by atoms with Crippen molar-refractivity contribution in [3.8, 4) is 5.75 Å². The van der Waals surface area contributed by atoms with Crippen molar-refractivity contribution < 1.29 is 82.4 Å². The lowest BCUT2D eigenvalue weighted by Crippen LogP contribution is -2.61. The number of amides is 13. The van der Waals surface area contributed by atoms with E-state index < -0.39 is 176 Å². The number of thiol groups is 1. The second-order valence-corrected chi connectivity index (χ2v) is 24.6. The van der Waals surface area contributed by atoms with Gasteiger partial charge in [0.15, 0.2) is 5.96 Å². The Balaban J connectivity index is 1.50. The number of aliphatic carboxylic acids is 1. The van der Waals surface area contributed by atoms with E-state index in [1.807, 2.05) is 18.2 Å². The first-order valence-electron chi connectivity index (χ1n) is 32.3. The van der Waals surface area contributed by atoms with Gasteiger partial charge in [-0.15, -0.1) is 0 Å². The molecule has 0 spiro atoms. The molecule has 0 bridgehead atoms. The number of carboxylic acid groups (broad SMARTS) is 1. The average molecular weight is 1430 g/mol. The highest BCUT2D eigenvalue weighted by molar-refractivity contribution is 7.80. The first-order chi connectivity index (χ1) is 47.7. The topological polar surface area (TPSA) is 515 Å². The van der Waals surface area contributed by atoms with Gasteiger partial charge < -0.3 is 99.6 Å². The number of nitrogens with zero attached hydrogens (tertiary/aromatic N) is 5.